The Hall–Kier alpha value is -2.92. The van der Waals surface area contributed by atoms with Crippen LogP contribution in [0, 0.1) is 6.92 Å². The minimum absolute atomic E-state index is 0.143. The van der Waals surface area contributed by atoms with E-state index >= 15 is 0 Å². The molecule has 0 aliphatic heterocycles. The van der Waals surface area contributed by atoms with E-state index in [9.17, 15) is 9.59 Å². The summed E-state index contributed by atoms with van der Waals surface area (Å²) in [6.07, 6.45) is -0.853. The first kappa shape index (κ1) is 17.9. The van der Waals surface area contributed by atoms with Gasteiger partial charge in [-0.15, -0.1) is 0 Å². The summed E-state index contributed by atoms with van der Waals surface area (Å²) >= 11 is 1.52. The summed E-state index contributed by atoms with van der Waals surface area (Å²) in [5.74, 6) is -0.810. The fraction of sp³-hybridized carbons (Fsp3) is 0.143. The lowest BCUT2D eigenvalue weighted by atomic mass is 10.1. The van der Waals surface area contributed by atoms with Crippen LogP contribution < -0.4 is 5.32 Å². The summed E-state index contributed by atoms with van der Waals surface area (Å²) < 4.78 is 5.52. The van der Waals surface area contributed by atoms with E-state index in [1.54, 1.807) is 12.1 Å². The van der Waals surface area contributed by atoms with Crippen molar-refractivity contribution in [3.63, 3.8) is 0 Å². The summed E-state index contributed by atoms with van der Waals surface area (Å²) in [7, 11) is 0. The number of hydrogen-bond donors (Lipinski definition) is 1. The molecule has 4 nitrogen and oxygen atoms in total. The van der Waals surface area contributed by atoms with E-state index in [-0.39, 0.29) is 12.3 Å². The lowest BCUT2D eigenvalue weighted by molar-refractivity contribution is -0.154. The van der Waals surface area contributed by atoms with E-state index in [1.165, 1.54) is 11.3 Å². The molecule has 1 atom stereocenters. The van der Waals surface area contributed by atoms with Gasteiger partial charge in [0.2, 0.25) is 6.10 Å². The Kier molecular flexibility index (Phi) is 5.81. The molecule has 0 bridgehead atoms. The second-order valence-corrected chi connectivity index (χ2v) is 6.72. The molecule has 1 unspecified atom stereocenters. The molecule has 1 N–H and O–H groups in total. The number of benzene rings is 2. The zero-order chi connectivity index (χ0) is 18.4. The molecule has 3 aromatic rings. The summed E-state index contributed by atoms with van der Waals surface area (Å²) in [5.41, 5.74) is 3.28. The Labute approximate surface area is 156 Å². The molecule has 0 spiro atoms. The van der Waals surface area contributed by atoms with Crippen molar-refractivity contribution < 1.29 is 14.3 Å². The molecule has 5 heteroatoms. The van der Waals surface area contributed by atoms with Crippen LogP contribution in [0.15, 0.2) is 71.4 Å². The van der Waals surface area contributed by atoms with Gasteiger partial charge in [0.15, 0.2) is 0 Å². The SMILES string of the molecule is Cc1ccc(NC(=O)C(OC(=O)Cc2ccsc2)c2ccccc2)cc1. The first-order valence-electron chi connectivity index (χ1n) is 8.25. The topological polar surface area (TPSA) is 55.4 Å². The summed E-state index contributed by atoms with van der Waals surface area (Å²) in [6.45, 7) is 1.98. The van der Waals surface area contributed by atoms with Gasteiger partial charge in [0.05, 0.1) is 6.42 Å². The van der Waals surface area contributed by atoms with Crippen molar-refractivity contribution in [2.24, 2.45) is 0 Å². The van der Waals surface area contributed by atoms with Gasteiger partial charge in [-0.05, 0) is 41.4 Å². The first-order valence-corrected chi connectivity index (χ1v) is 9.19. The van der Waals surface area contributed by atoms with Gasteiger partial charge >= 0.3 is 5.97 Å². The number of ether oxygens (including phenoxy) is 1. The number of carbonyl (C=O) groups is 2. The van der Waals surface area contributed by atoms with Crippen LogP contribution in [0.4, 0.5) is 5.69 Å². The third-order valence-corrected chi connectivity index (χ3v) is 4.57. The highest BCUT2D eigenvalue weighted by molar-refractivity contribution is 7.08. The predicted molar refractivity (Wildman–Crippen MR) is 103 cm³/mol. The Bertz CT molecular complexity index is 858. The minimum Gasteiger partial charge on any atom is -0.447 e. The number of nitrogens with one attached hydrogen (secondary N) is 1. The van der Waals surface area contributed by atoms with E-state index in [4.69, 9.17) is 4.74 Å². The Morgan fingerprint density at radius 1 is 1.04 bits per heavy atom. The van der Waals surface area contributed by atoms with Crippen LogP contribution in [-0.2, 0) is 20.7 Å². The largest absolute Gasteiger partial charge is 0.447 e. The van der Waals surface area contributed by atoms with E-state index in [1.807, 2.05) is 66.2 Å². The molecule has 0 saturated carbocycles. The molecule has 0 aliphatic carbocycles. The van der Waals surface area contributed by atoms with Crippen LogP contribution in [0.2, 0.25) is 0 Å². The lowest BCUT2D eigenvalue weighted by Crippen LogP contribution is -2.26. The number of hydrogen-bond acceptors (Lipinski definition) is 4. The Balaban J connectivity index is 1.75. The second kappa shape index (κ2) is 8.45. The van der Waals surface area contributed by atoms with Crippen LogP contribution in [0.25, 0.3) is 0 Å². The zero-order valence-corrected chi connectivity index (χ0v) is 15.2. The molecule has 132 valence electrons. The minimum atomic E-state index is -0.997. The van der Waals surface area contributed by atoms with Crippen molar-refractivity contribution >= 4 is 28.9 Å². The summed E-state index contributed by atoms with van der Waals surface area (Å²) in [6, 6.07) is 18.4. The first-order chi connectivity index (χ1) is 12.6. The smallest absolute Gasteiger partial charge is 0.311 e. The number of esters is 1. The lowest BCUT2D eigenvalue weighted by Gasteiger charge is -2.18. The monoisotopic (exact) mass is 365 g/mol. The van der Waals surface area contributed by atoms with Gasteiger partial charge in [-0.3, -0.25) is 9.59 Å². The molecule has 3 rings (SSSR count). The van der Waals surface area contributed by atoms with Crippen molar-refractivity contribution in [2.45, 2.75) is 19.4 Å². The molecular weight excluding hydrogens is 346 g/mol. The van der Waals surface area contributed by atoms with E-state index in [0.29, 0.717) is 11.3 Å². The fourth-order valence-corrected chi connectivity index (χ4v) is 3.15. The fourth-order valence-electron chi connectivity index (χ4n) is 2.48. The highest BCUT2D eigenvalue weighted by Crippen LogP contribution is 2.21. The molecule has 0 fully saturated rings. The van der Waals surface area contributed by atoms with Gasteiger partial charge in [0, 0.05) is 11.3 Å². The molecule has 26 heavy (non-hydrogen) atoms. The van der Waals surface area contributed by atoms with E-state index in [0.717, 1.165) is 11.1 Å². The standard InChI is InChI=1S/C21H19NO3S/c1-15-7-9-18(10-8-15)22-21(24)20(17-5-3-2-4-6-17)25-19(23)13-16-11-12-26-14-16/h2-12,14,20H,13H2,1H3,(H,22,24). The third kappa shape index (κ3) is 4.80. The molecule has 0 saturated heterocycles. The van der Waals surface area contributed by atoms with Crippen molar-refractivity contribution in [3.05, 3.63) is 88.1 Å². The summed E-state index contributed by atoms with van der Waals surface area (Å²) in [5, 5.41) is 6.62. The maximum atomic E-state index is 12.7. The highest BCUT2D eigenvalue weighted by Gasteiger charge is 2.25. The molecule has 0 radical (unpaired) electrons. The van der Waals surface area contributed by atoms with E-state index < -0.39 is 12.1 Å². The average molecular weight is 365 g/mol. The molecule has 1 heterocycles. The van der Waals surface area contributed by atoms with E-state index in [2.05, 4.69) is 5.32 Å². The summed E-state index contributed by atoms with van der Waals surface area (Å²) in [4.78, 5) is 25.0. The number of carbonyl (C=O) groups excluding carboxylic acids is 2. The molecule has 0 aliphatic rings. The number of rotatable bonds is 6. The molecule has 2 aromatic carbocycles. The maximum absolute atomic E-state index is 12.7. The van der Waals surface area contributed by atoms with Crippen LogP contribution in [0.3, 0.4) is 0 Å². The number of anilines is 1. The molecule has 1 amide bonds. The van der Waals surface area contributed by atoms with Crippen molar-refractivity contribution in [1.29, 1.82) is 0 Å². The number of amides is 1. The van der Waals surface area contributed by atoms with Gasteiger partial charge in [-0.1, -0.05) is 48.0 Å². The van der Waals surface area contributed by atoms with Crippen LogP contribution >= 0.6 is 11.3 Å². The van der Waals surface area contributed by atoms with Crippen LogP contribution in [-0.4, -0.2) is 11.9 Å². The predicted octanol–water partition coefficient (Wildman–Crippen LogP) is 4.52. The van der Waals surface area contributed by atoms with Crippen molar-refractivity contribution in [3.8, 4) is 0 Å². The Morgan fingerprint density at radius 3 is 2.42 bits per heavy atom. The van der Waals surface area contributed by atoms with Gasteiger partial charge in [-0.25, -0.2) is 0 Å². The highest BCUT2D eigenvalue weighted by atomic mass is 32.1. The van der Waals surface area contributed by atoms with Gasteiger partial charge in [0.25, 0.3) is 5.91 Å². The van der Waals surface area contributed by atoms with Crippen molar-refractivity contribution in [2.75, 3.05) is 5.32 Å². The van der Waals surface area contributed by atoms with Gasteiger partial charge < -0.3 is 10.1 Å². The normalized spacial score (nSPS) is 11.6. The molecular formula is C21H19NO3S. The average Bonchev–Trinajstić information content (AvgIpc) is 3.15. The van der Waals surface area contributed by atoms with Crippen LogP contribution in [0.1, 0.15) is 22.8 Å². The quantitative estimate of drug-likeness (QED) is 0.653. The van der Waals surface area contributed by atoms with Crippen molar-refractivity contribution in [1.82, 2.24) is 0 Å². The Morgan fingerprint density at radius 2 is 1.77 bits per heavy atom. The van der Waals surface area contributed by atoms with Gasteiger partial charge in [0.1, 0.15) is 0 Å². The number of aryl methyl sites for hydroxylation is 1. The third-order valence-electron chi connectivity index (χ3n) is 3.84. The maximum Gasteiger partial charge on any atom is 0.311 e. The molecule has 1 aromatic heterocycles. The van der Waals surface area contributed by atoms with Gasteiger partial charge in [-0.2, -0.15) is 11.3 Å². The number of thiophene rings is 1. The van der Waals surface area contributed by atoms with Crippen LogP contribution in [0.5, 0.6) is 0 Å². The zero-order valence-electron chi connectivity index (χ0n) is 14.3. The second-order valence-electron chi connectivity index (χ2n) is 5.94.